The Hall–Kier alpha value is -0.530. The van der Waals surface area contributed by atoms with Crippen LogP contribution in [0, 0.1) is 12.3 Å². The summed E-state index contributed by atoms with van der Waals surface area (Å²) in [4.78, 5) is 0. The number of unbranched alkanes of at least 4 members (excludes halogenated alkanes) is 1. The van der Waals surface area contributed by atoms with E-state index in [0.29, 0.717) is 12.8 Å². The minimum absolute atomic E-state index is 0.239. The van der Waals surface area contributed by atoms with Crippen LogP contribution in [0.3, 0.4) is 0 Å². The molecule has 0 saturated heterocycles. The van der Waals surface area contributed by atoms with Crippen molar-refractivity contribution in [2.75, 3.05) is 5.75 Å². The molecule has 0 aliphatic heterocycles. The predicted octanol–water partition coefficient (Wildman–Crippen LogP) is 0.288. The second-order valence-electron chi connectivity index (χ2n) is 1.59. The van der Waals surface area contributed by atoms with Crippen molar-refractivity contribution in [2.24, 2.45) is 0 Å². The molecule has 52 valence electrons. The zero-order valence-electron chi connectivity index (χ0n) is 4.87. The first-order chi connectivity index (χ1) is 4.06. The maximum Gasteiger partial charge on any atom is 0.264 e. The summed E-state index contributed by atoms with van der Waals surface area (Å²) in [6.07, 6.45) is 5.55. The third kappa shape index (κ3) is 7.47. The largest absolute Gasteiger partial charge is 0.286 e. The second-order valence-corrected chi connectivity index (χ2v) is 3.17. The van der Waals surface area contributed by atoms with Crippen LogP contribution in [0.5, 0.6) is 0 Å². The molecule has 0 radical (unpaired) electrons. The van der Waals surface area contributed by atoms with Crippen molar-refractivity contribution in [3.63, 3.8) is 0 Å². The van der Waals surface area contributed by atoms with Crippen LogP contribution >= 0.6 is 0 Å². The molecule has 0 spiro atoms. The average Bonchev–Trinajstić information content (AvgIpc) is 1.63. The topological polar surface area (TPSA) is 54.4 Å². The summed E-state index contributed by atoms with van der Waals surface area (Å²) >= 11 is 0. The van der Waals surface area contributed by atoms with Crippen LogP contribution < -0.4 is 0 Å². The first-order valence-electron chi connectivity index (χ1n) is 2.45. The van der Waals surface area contributed by atoms with Crippen LogP contribution in [-0.2, 0) is 10.1 Å². The minimum atomic E-state index is -3.79. The molecule has 9 heavy (non-hydrogen) atoms. The van der Waals surface area contributed by atoms with Gasteiger partial charge in [0.15, 0.2) is 0 Å². The van der Waals surface area contributed by atoms with Crippen molar-refractivity contribution < 1.29 is 13.0 Å². The fraction of sp³-hybridized carbons (Fsp3) is 0.600. The van der Waals surface area contributed by atoms with E-state index in [1.54, 1.807) is 0 Å². The lowest BCUT2D eigenvalue weighted by molar-refractivity contribution is 0.481. The number of hydrogen-bond donors (Lipinski definition) is 1. The van der Waals surface area contributed by atoms with Crippen molar-refractivity contribution in [3.05, 3.63) is 0 Å². The molecule has 1 N–H and O–H groups in total. The zero-order chi connectivity index (χ0) is 7.33. The molecule has 0 fully saturated rings. The highest BCUT2D eigenvalue weighted by atomic mass is 32.2. The van der Waals surface area contributed by atoms with Crippen LogP contribution in [0.4, 0.5) is 0 Å². The predicted molar refractivity (Wildman–Crippen MR) is 34.5 cm³/mol. The smallest absolute Gasteiger partial charge is 0.264 e. The lowest BCUT2D eigenvalue weighted by Crippen LogP contribution is -2.02. The highest BCUT2D eigenvalue weighted by Gasteiger charge is 2.00. The van der Waals surface area contributed by atoms with Gasteiger partial charge in [0.05, 0.1) is 5.75 Å². The average molecular weight is 148 g/mol. The molecular formula is C5H8O3S. The molecule has 0 aromatic carbocycles. The Labute approximate surface area is 54.8 Å². The highest BCUT2D eigenvalue weighted by Crippen LogP contribution is 1.90. The zero-order valence-corrected chi connectivity index (χ0v) is 5.69. The van der Waals surface area contributed by atoms with Gasteiger partial charge in [0.1, 0.15) is 0 Å². The molecule has 0 saturated carbocycles. The molecule has 0 aromatic rings. The van der Waals surface area contributed by atoms with Crippen LogP contribution in [0.1, 0.15) is 12.8 Å². The summed E-state index contributed by atoms with van der Waals surface area (Å²) in [5.41, 5.74) is 0. The normalized spacial score (nSPS) is 10.7. The number of rotatable bonds is 3. The first-order valence-corrected chi connectivity index (χ1v) is 4.06. The van der Waals surface area contributed by atoms with E-state index in [2.05, 4.69) is 5.92 Å². The summed E-state index contributed by atoms with van der Waals surface area (Å²) < 4.78 is 28.1. The molecule has 0 amide bonds. The van der Waals surface area contributed by atoms with E-state index in [1.807, 2.05) is 0 Å². The maximum atomic E-state index is 9.99. The van der Waals surface area contributed by atoms with Crippen molar-refractivity contribution in [3.8, 4) is 12.3 Å². The minimum Gasteiger partial charge on any atom is -0.286 e. The lowest BCUT2D eigenvalue weighted by Gasteiger charge is -1.89. The van der Waals surface area contributed by atoms with Gasteiger partial charge in [0, 0.05) is 6.42 Å². The third-order valence-electron chi connectivity index (χ3n) is 0.723. The first kappa shape index (κ1) is 8.47. The fourth-order valence-electron chi connectivity index (χ4n) is 0.357. The van der Waals surface area contributed by atoms with Gasteiger partial charge in [-0.05, 0) is 6.42 Å². The Balaban J connectivity index is 3.44. The second kappa shape index (κ2) is 3.49. The molecule has 0 aromatic heterocycles. The third-order valence-corrected chi connectivity index (χ3v) is 1.53. The summed E-state index contributed by atoms with van der Waals surface area (Å²) in [5, 5.41) is 0. The van der Waals surface area contributed by atoms with Gasteiger partial charge in [-0.1, -0.05) is 0 Å². The number of terminal acetylenes is 1. The summed E-state index contributed by atoms with van der Waals surface area (Å²) in [6.45, 7) is 0. The summed E-state index contributed by atoms with van der Waals surface area (Å²) in [7, 11) is -3.79. The highest BCUT2D eigenvalue weighted by molar-refractivity contribution is 7.85. The molecule has 0 heterocycles. The molecule has 0 aliphatic carbocycles. The van der Waals surface area contributed by atoms with Crippen molar-refractivity contribution in [1.82, 2.24) is 0 Å². The van der Waals surface area contributed by atoms with Gasteiger partial charge in [-0.3, -0.25) is 4.55 Å². The Morgan fingerprint density at radius 2 is 2.11 bits per heavy atom. The van der Waals surface area contributed by atoms with E-state index in [1.165, 1.54) is 0 Å². The molecule has 4 heteroatoms. The van der Waals surface area contributed by atoms with E-state index >= 15 is 0 Å². The van der Waals surface area contributed by atoms with Crippen LogP contribution in [-0.4, -0.2) is 18.7 Å². The fourth-order valence-corrected chi connectivity index (χ4v) is 0.866. The van der Waals surface area contributed by atoms with Crippen LogP contribution in [0.15, 0.2) is 0 Å². The molecule has 3 nitrogen and oxygen atoms in total. The monoisotopic (exact) mass is 148 g/mol. The lowest BCUT2D eigenvalue weighted by atomic mass is 10.4. The van der Waals surface area contributed by atoms with Gasteiger partial charge in [0.25, 0.3) is 10.1 Å². The standard InChI is InChI=1S/C5H8O3S/c1-2-3-4-5-9(6,7)8/h1H,3-5H2,(H,6,7,8). The number of hydrogen-bond acceptors (Lipinski definition) is 2. The Kier molecular flexibility index (Phi) is 3.28. The quantitative estimate of drug-likeness (QED) is 0.355. The molecule has 0 unspecified atom stereocenters. The Bertz CT molecular complexity index is 197. The van der Waals surface area contributed by atoms with Crippen molar-refractivity contribution in [2.45, 2.75) is 12.8 Å². The van der Waals surface area contributed by atoms with E-state index in [4.69, 9.17) is 11.0 Å². The molecule has 0 bridgehead atoms. The van der Waals surface area contributed by atoms with Crippen LogP contribution in [0.2, 0.25) is 0 Å². The molecular weight excluding hydrogens is 140 g/mol. The Morgan fingerprint density at radius 1 is 1.56 bits per heavy atom. The van der Waals surface area contributed by atoms with Gasteiger partial charge in [-0.15, -0.1) is 12.3 Å². The Morgan fingerprint density at radius 3 is 2.44 bits per heavy atom. The van der Waals surface area contributed by atoms with Gasteiger partial charge in [-0.25, -0.2) is 0 Å². The van der Waals surface area contributed by atoms with Gasteiger partial charge in [-0.2, -0.15) is 8.42 Å². The van der Waals surface area contributed by atoms with E-state index in [-0.39, 0.29) is 5.75 Å². The maximum absolute atomic E-state index is 9.99. The van der Waals surface area contributed by atoms with E-state index in [9.17, 15) is 8.42 Å². The van der Waals surface area contributed by atoms with Crippen molar-refractivity contribution >= 4 is 10.1 Å². The summed E-state index contributed by atoms with van der Waals surface area (Å²) in [5.74, 6) is 2.03. The van der Waals surface area contributed by atoms with Crippen LogP contribution in [0.25, 0.3) is 0 Å². The van der Waals surface area contributed by atoms with Gasteiger partial charge >= 0.3 is 0 Å². The van der Waals surface area contributed by atoms with Crippen molar-refractivity contribution in [1.29, 1.82) is 0 Å². The molecule has 0 atom stereocenters. The SMILES string of the molecule is C#CCCCS(=O)(=O)O. The van der Waals surface area contributed by atoms with E-state index in [0.717, 1.165) is 0 Å². The van der Waals surface area contributed by atoms with Gasteiger partial charge in [0.2, 0.25) is 0 Å². The molecule has 0 aliphatic rings. The molecule has 0 rings (SSSR count). The van der Waals surface area contributed by atoms with E-state index < -0.39 is 10.1 Å². The summed E-state index contributed by atoms with van der Waals surface area (Å²) in [6, 6.07) is 0. The van der Waals surface area contributed by atoms with Gasteiger partial charge < -0.3 is 0 Å².